The predicted molar refractivity (Wildman–Crippen MR) is 304 cm³/mol. The van der Waals surface area contributed by atoms with Crippen LogP contribution in [-0.4, -0.2) is 21.1 Å². The zero-order chi connectivity index (χ0) is 57.9. The first-order valence-electron chi connectivity index (χ1n) is 29.2. The van der Waals surface area contributed by atoms with E-state index < -0.39 is 30.4 Å². The van der Waals surface area contributed by atoms with Crippen LogP contribution in [0.2, 0.25) is 0 Å². The minimum atomic E-state index is -2.58. The molecule has 0 saturated heterocycles. The van der Waals surface area contributed by atoms with Crippen LogP contribution in [0.25, 0.3) is 66.9 Å². The number of fused-ring (bicyclic) bond motifs is 10. The van der Waals surface area contributed by atoms with E-state index in [1.54, 1.807) is 18.2 Å². The van der Waals surface area contributed by atoms with E-state index >= 15 is 0 Å². The molecule has 0 radical (unpaired) electrons. The van der Waals surface area contributed by atoms with E-state index in [1.165, 1.54) is 11.0 Å². The van der Waals surface area contributed by atoms with Crippen LogP contribution in [0, 0.1) is 16.1 Å². The number of aryl methyl sites for hydroxylation is 1. The van der Waals surface area contributed by atoms with Crippen molar-refractivity contribution in [3.63, 3.8) is 0 Å². The molecule has 366 valence electrons. The summed E-state index contributed by atoms with van der Waals surface area (Å²) >= 11 is 2.30. The maximum atomic E-state index is 9.55. The third-order valence-corrected chi connectivity index (χ3v) is 17.0. The molecule has 0 fully saturated rings. The summed E-state index contributed by atoms with van der Waals surface area (Å²) in [5.41, 5.74) is 14.7. The van der Waals surface area contributed by atoms with Gasteiger partial charge in [0.2, 0.25) is 0 Å². The van der Waals surface area contributed by atoms with Gasteiger partial charge in [-0.3, -0.25) is 0 Å². The SMILES string of the molecule is [2H]c1c([2H])c([2H])c(-c2cc(C(C)(C)C(C)(C)C)cc(-c3cccc(C(C)(C)C)c3)c2-n2[c](=[Pt])n(-c3ccc(C([2H])([2H])[2H])c(Oc4ccc5c(n4)N4B6c7c(cccc7-5)-c5ccccc5N6c5ccccc54)c3)c3ccccc32)c([2H])c1[2H]. The Balaban J connectivity index is 1.03. The number of para-hydroxylation sites is 5. The van der Waals surface area contributed by atoms with Gasteiger partial charge in [0.15, 0.2) is 0 Å². The molecule has 0 N–H and O–H groups in total. The second-order valence-electron chi connectivity index (χ2n) is 22.2. The van der Waals surface area contributed by atoms with Crippen molar-refractivity contribution in [3.8, 4) is 67.5 Å². The average molecular weight is 1150 g/mol. The Morgan fingerprint density at radius 3 is 1.91 bits per heavy atom. The number of hydrogen-bond donors (Lipinski definition) is 0. The van der Waals surface area contributed by atoms with E-state index in [-0.39, 0.29) is 52.7 Å². The number of aromatic nitrogens is 3. The van der Waals surface area contributed by atoms with Gasteiger partial charge in [-0.05, 0) is 17.7 Å². The summed E-state index contributed by atoms with van der Waals surface area (Å²) in [5, 5.41) is 0. The third kappa shape index (κ3) is 7.03. The minimum absolute atomic E-state index is 0.00780. The van der Waals surface area contributed by atoms with Crippen molar-refractivity contribution in [2.75, 3.05) is 9.62 Å². The van der Waals surface area contributed by atoms with Gasteiger partial charge >= 0.3 is 388 Å². The molecule has 0 unspecified atom stereocenters. The second kappa shape index (κ2) is 16.8. The molecule has 10 aromatic rings. The van der Waals surface area contributed by atoms with Crippen molar-refractivity contribution in [2.45, 2.75) is 73.1 Å². The summed E-state index contributed by atoms with van der Waals surface area (Å²) in [4.78, 5) is 9.97. The number of ether oxygens (including phenoxy) is 1. The molecule has 0 saturated carbocycles. The van der Waals surface area contributed by atoms with E-state index in [4.69, 9.17) is 17.9 Å². The summed E-state index contributed by atoms with van der Waals surface area (Å²) in [5.74, 6) is 1.02. The predicted octanol–water partition coefficient (Wildman–Crippen LogP) is 16.6. The summed E-state index contributed by atoms with van der Waals surface area (Å²) in [7, 11) is 0. The van der Waals surface area contributed by atoms with Crippen molar-refractivity contribution in [1.82, 2.24) is 14.1 Å². The van der Waals surface area contributed by atoms with Gasteiger partial charge in [0.1, 0.15) is 0 Å². The fraction of sp³-hybridized carbons (Fsp3) is 0.182. The standard InChI is InChI=1S/C66H58BN5O.Pt/c1-42-33-34-47(40-59(42)73-60-36-35-51-50-27-20-26-49-48-25-13-14-28-54(48)71-57-31-17-18-32-58(57)72(63(51)68-60)67(71)61(49)50)69-41-70(56-30-16-15-29-55(56)69)62-52(43-21-11-10-12-22-43)38-46(66(8,9)65(5,6)7)39-53(62)44-23-19-24-45(37-44)64(2,3)4;/h10-40H,1-9H3;/i1D3,10D,11D,12D,21D,22D;. The van der Waals surface area contributed by atoms with Crippen molar-refractivity contribution in [2.24, 2.45) is 5.41 Å². The fourth-order valence-electron chi connectivity index (χ4n) is 11.1. The molecule has 0 amide bonds. The molecule has 0 spiro atoms. The quantitative estimate of drug-likeness (QED) is 0.149. The van der Waals surface area contributed by atoms with E-state index in [0.29, 0.717) is 26.6 Å². The molecule has 74 heavy (non-hydrogen) atoms. The number of pyridine rings is 1. The molecule has 6 nitrogen and oxygen atoms in total. The fourth-order valence-corrected chi connectivity index (χ4v) is 12.2. The Morgan fingerprint density at radius 2 is 1.19 bits per heavy atom. The van der Waals surface area contributed by atoms with Crippen molar-refractivity contribution >= 4 is 46.4 Å². The van der Waals surface area contributed by atoms with E-state index in [2.05, 4.69) is 180 Å². The van der Waals surface area contributed by atoms with Gasteiger partial charge in [-0.25, -0.2) is 0 Å². The van der Waals surface area contributed by atoms with E-state index in [0.717, 1.165) is 67.0 Å². The number of hydrogen-bond acceptors (Lipinski definition) is 4. The molecule has 3 aliphatic rings. The monoisotopic (exact) mass is 1150 g/mol. The molecule has 2 aromatic heterocycles. The molecule has 8 aromatic carbocycles. The van der Waals surface area contributed by atoms with Crippen LogP contribution in [0.5, 0.6) is 11.6 Å². The van der Waals surface area contributed by atoms with E-state index in [1.807, 2.05) is 53.1 Å². The number of rotatable bonds is 7. The van der Waals surface area contributed by atoms with Crippen LogP contribution in [0.4, 0.5) is 22.9 Å². The van der Waals surface area contributed by atoms with Crippen molar-refractivity contribution in [3.05, 3.63) is 208 Å². The zero-order valence-electron chi connectivity index (χ0n) is 50.5. The maximum absolute atomic E-state index is 9.55. The number of nitrogens with zero attached hydrogens (tertiary/aromatic N) is 5. The number of benzene rings is 8. The second-order valence-corrected chi connectivity index (χ2v) is 23.2. The van der Waals surface area contributed by atoms with Gasteiger partial charge in [-0.2, -0.15) is 0 Å². The van der Waals surface area contributed by atoms with E-state index in [9.17, 15) is 2.74 Å². The molecule has 5 heterocycles. The molecule has 0 atom stereocenters. The van der Waals surface area contributed by atoms with Crippen LogP contribution in [0.3, 0.4) is 0 Å². The van der Waals surface area contributed by atoms with Crippen LogP contribution in [0.1, 0.15) is 83.0 Å². The summed E-state index contributed by atoms with van der Waals surface area (Å²) in [6, 6.07) is 51.0. The van der Waals surface area contributed by atoms with Gasteiger partial charge in [0.25, 0.3) is 0 Å². The van der Waals surface area contributed by atoms with Crippen molar-refractivity contribution in [1.29, 1.82) is 0 Å². The Hall–Kier alpha value is -7.47. The summed E-state index contributed by atoms with van der Waals surface area (Å²) in [6.45, 7) is 14.7. The first-order chi connectivity index (χ1) is 38.9. The van der Waals surface area contributed by atoms with Crippen LogP contribution in [0.15, 0.2) is 188 Å². The zero-order valence-corrected chi connectivity index (χ0v) is 44.8. The van der Waals surface area contributed by atoms with Crippen LogP contribution in [-0.2, 0) is 30.2 Å². The molecule has 13 rings (SSSR count). The first-order valence-corrected chi connectivity index (χ1v) is 26.3. The third-order valence-electron chi connectivity index (χ3n) is 16.0. The number of anilines is 4. The first kappa shape index (κ1) is 38.2. The Labute approximate surface area is 457 Å². The molecule has 0 bridgehead atoms. The Kier molecular flexibility index (Phi) is 8.65. The molecular formula is C66H58BN5OPt. The summed E-state index contributed by atoms with van der Waals surface area (Å²) in [6.07, 6.45) is 0. The van der Waals surface area contributed by atoms with Crippen molar-refractivity contribution < 1.29 is 35.1 Å². The van der Waals surface area contributed by atoms with Gasteiger partial charge < -0.3 is 0 Å². The normalized spacial score (nSPS) is 15.2. The Morgan fingerprint density at radius 1 is 0.554 bits per heavy atom. The molecule has 0 aliphatic carbocycles. The number of imidazole rings is 1. The molecule has 8 heteroatoms. The average Bonchev–Trinajstić information content (AvgIpc) is 2.12. The topological polar surface area (TPSA) is 38.5 Å². The molecule has 3 aliphatic heterocycles. The van der Waals surface area contributed by atoms with Gasteiger partial charge in [0.05, 0.1) is 0 Å². The van der Waals surface area contributed by atoms with Gasteiger partial charge in [0, 0.05) is 11.3 Å². The van der Waals surface area contributed by atoms with Crippen LogP contribution < -0.4 is 19.8 Å². The molecular weight excluding hydrogens is 1080 g/mol. The van der Waals surface area contributed by atoms with Gasteiger partial charge in [-0.15, -0.1) is 0 Å². The van der Waals surface area contributed by atoms with Gasteiger partial charge in [-0.1, -0.05) is 42.5 Å². The summed E-state index contributed by atoms with van der Waals surface area (Å²) < 4.78 is 84.0. The van der Waals surface area contributed by atoms with Crippen LogP contribution >= 0.6 is 0 Å². The Bertz CT molecular complexity index is 4410.